The second-order valence-corrected chi connectivity index (χ2v) is 4.69. The molecule has 0 atom stereocenters. The van der Waals surface area contributed by atoms with E-state index in [1.165, 1.54) is 51.4 Å². The Morgan fingerprint density at radius 3 is 1.00 bits per heavy atom. The van der Waals surface area contributed by atoms with Gasteiger partial charge in [0.05, 0.1) is 0 Å². The molecule has 0 N–H and O–H groups in total. The molecule has 0 fully saturated rings. The van der Waals surface area contributed by atoms with Gasteiger partial charge in [-0.25, -0.2) is 0 Å². The van der Waals surface area contributed by atoms with Crippen molar-refractivity contribution in [3.05, 3.63) is 0 Å². The van der Waals surface area contributed by atoms with Crippen molar-refractivity contribution in [1.82, 2.24) is 10.9 Å². The highest BCUT2D eigenvalue weighted by molar-refractivity contribution is 4.67. The molecule has 0 heterocycles. The van der Waals surface area contributed by atoms with E-state index in [2.05, 4.69) is 38.5 Å². The van der Waals surface area contributed by atoms with Gasteiger partial charge in [-0.3, -0.25) is 0 Å². The Labute approximate surface area is 103 Å². The van der Waals surface area contributed by atoms with E-state index in [0.717, 1.165) is 0 Å². The Bertz CT molecular complexity index is 109. The number of rotatable bonds is 11. The molecule has 2 heteroatoms. The Hall–Kier alpha value is -0.0800. The molecule has 0 bridgehead atoms. The molecule has 0 aliphatic rings. The van der Waals surface area contributed by atoms with Crippen LogP contribution in [0.3, 0.4) is 0 Å². The molecule has 0 aromatic rings. The molecule has 16 heavy (non-hydrogen) atoms. The van der Waals surface area contributed by atoms with E-state index in [1.807, 2.05) is 0 Å². The maximum absolute atomic E-state index is 4.57. The second kappa shape index (κ2) is 11.4. The topological polar surface area (TPSA) is 28.2 Å². The molecular formula is C14H30N2+2. The quantitative estimate of drug-likeness (QED) is 0.476. The molecule has 0 aromatic heterocycles. The van der Waals surface area contributed by atoms with Crippen molar-refractivity contribution in [3.63, 3.8) is 0 Å². The summed E-state index contributed by atoms with van der Waals surface area (Å²) in [6.45, 7) is 8.92. The third kappa shape index (κ3) is 8.12. The molecule has 0 rings (SSSR count). The largest absolute Gasteiger partial charge is 0.422 e. The minimum Gasteiger partial charge on any atom is -0.0651 e. The van der Waals surface area contributed by atoms with Crippen LogP contribution >= 0.6 is 0 Å². The van der Waals surface area contributed by atoms with Crippen molar-refractivity contribution >= 4 is 0 Å². The third-order valence-corrected chi connectivity index (χ3v) is 2.88. The van der Waals surface area contributed by atoms with Gasteiger partial charge in [-0.05, 0) is 25.7 Å². The van der Waals surface area contributed by atoms with Gasteiger partial charge in [-0.1, -0.05) is 27.7 Å². The molecule has 0 saturated carbocycles. The summed E-state index contributed by atoms with van der Waals surface area (Å²) in [6, 6.07) is 0.956. The number of nitrogens with zero attached hydrogens (tertiary/aromatic N) is 2. The summed E-state index contributed by atoms with van der Waals surface area (Å²) in [5.74, 6) is 0. The molecule has 2 nitrogen and oxygen atoms in total. The first kappa shape index (κ1) is 15.9. The molecule has 0 spiro atoms. The zero-order valence-electron chi connectivity index (χ0n) is 11.7. The molecule has 0 amide bonds. The van der Waals surface area contributed by atoms with Crippen LogP contribution in [0.5, 0.6) is 0 Å². The summed E-state index contributed by atoms with van der Waals surface area (Å²) in [7, 11) is 0. The van der Waals surface area contributed by atoms with E-state index in [4.69, 9.17) is 0 Å². The maximum Gasteiger partial charge on any atom is 0.422 e. The SMILES string of the molecule is CCCC(CCC)[N+][N+]C(CCC)CCC. The highest BCUT2D eigenvalue weighted by Crippen LogP contribution is 2.09. The average molecular weight is 226 g/mol. The summed E-state index contributed by atoms with van der Waals surface area (Å²) < 4.78 is 0. The van der Waals surface area contributed by atoms with Crippen LogP contribution in [-0.2, 0) is 0 Å². The zero-order chi connectivity index (χ0) is 12.2. The van der Waals surface area contributed by atoms with Crippen LogP contribution in [0.15, 0.2) is 0 Å². The highest BCUT2D eigenvalue weighted by atomic mass is 15.4. The minimum atomic E-state index is 0.478. The van der Waals surface area contributed by atoms with Crippen LogP contribution in [0.2, 0.25) is 0 Å². The van der Waals surface area contributed by atoms with Crippen molar-refractivity contribution in [1.29, 1.82) is 0 Å². The van der Waals surface area contributed by atoms with Gasteiger partial charge in [0.25, 0.3) is 12.1 Å². The first-order valence-electron chi connectivity index (χ1n) is 7.18. The fourth-order valence-electron chi connectivity index (χ4n) is 2.04. The summed E-state index contributed by atoms with van der Waals surface area (Å²) in [4.78, 5) is 0. The van der Waals surface area contributed by atoms with Crippen molar-refractivity contribution < 1.29 is 0 Å². The smallest absolute Gasteiger partial charge is 0.0651 e. The van der Waals surface area contributed by atoms with Gasteiger partial charge < -0.3 is 0 Å². The summed E-state index contributed by atoms with van der Waals surface area (Å²) in [5.41, 5.74) is 9.13. The van der Waals surface area contributed by atoms with Gasteiger partial charge in [-0.2, -0.15) is 0 Å². The van der Waals surface area contributed by atoms with Gasteiger partial charge in [0.15, 0.2) is 0 Å². The van der Waals surface area contributed by atoms with Crippen molar-refractivity contribution in [2.24, 2.45) is 0 Å². The standard InChI is InChI=1S/C14H30N2/c1-5-9-13(10-6-2)15-16-14(11-7-3)12-8-4/h13-14H,5-12H2,1-4H3/q+2. The van der Waals surface area contributed by atoms with E-state index in [0.29, 0.717) is 12.1 Å². The number of hydrogen-bond donors (Lipinski definition) is 0. The van der Waals surface area contributed by atoms with E-state index in [1.54, 1.807) is 0 Å². The van der Waals surface area contributed by atoms with Crippen molar-refractivity contribution in [3.8, 4) is 0 Å². The minimum absolute atomic E-state index is 0.478. The lowest BCUT2D eigenvalue weighted by Gasteiger charge is -1.98. The van der Waals surface area contributed by atoms with Gasteiger partial charge in [-0.15, -0.1) is 0 Å². The summed E-state index contributed by atoms with van der Waals surface area (Å²) in [6.07, 6.45) is 9.66. The molecule has 0 unspecified atom stereocenters. The van der Waals surface area contributed by atoms with Gasteiger partial charge in [0, 0.05) is 25.7 Å². The van der Waals surface area contributed by atoms with E-state index in [9.17, 15) is 0 Å². The molecule has 94 valence electrons. The first-order chi connectivity index (χ1) is 7.78. The first-order valence-corrected chi connectivity index (χ1v) is 7.18. The predicted octanol–water partition coefficient (Wildman–Crippen LogP) is 4.05. The van der Waals surface area contributed by atoms with E-state index in [-0.39, 0.29) is 0 Å². The molecule has 0 aromatic carbocycles. The number of hydrogen-bond acceptors (Lipinski definition) is 0. The van der Waals surface area contributed by atoms with Crippen LogP contribution in [0.1, 0.15) is 79.1 Å². The van der Waals surface area contributed by atoms with Crippen LogP contribution in [-0.4, -0.2) is 12.1 Å². The lowest BCUT2D eigenvalue weighted by molar-refractivity contribution is 0.303. The average Bonchev–Trinajstić information content (AvgIpc) is 2.27. The Morgan fingerprint density at radius 2 is 0.812 bits per heavy atom. The van der Waals surface area contributed by atoms with Crippen LogP contribution in [0, 0.1) is 0 Å². The van der Waals surface area contributed by atoms with Crippen LogP contribution in [0.25, 0.3) is 0 Å². The fourth-order valence-corrected chi connectivity index (χ4v) is 2.04. The normalized spacial score (nSPS) is 11.6. The Kier molecular flexibility index (Phi) is 11.3. The molecule has 0 aliphatic heterocycles. The summed E-state index contributed by atoms with van der Waals surface area (Å²) in [5, 5.41) is 0. The van der Waals surface area contributed by atoms with Crippen molar-refractivity contribution in [2.75, 3.05) is 0 Å². The van der Waals surface area contributed by atoms with Gasteiger partial charge >= 0.3 is 10.9 Å². The van der Waals surface area contributed by atoms with E-state index >= 15 is 0 Å². The monoisotopic (exact) mass is 226 g/mol. The predicted molar refractivity (Wildman–Crippen MR) is 71.5 cm³/mol. The van der Waals surface area contributed by atoms with Gasteiger partial charge in [0.1, 0.15) is 0 Å². The lowest BCUT2D eigenvalue weighted by atomic mass is 10.1. The molecule has 0 aliphatic carbocycles. The van der Waals surface area contributed by atoms with Crippen LogP contribution < -0.4 is 10.9 Å². The van der Waals surface area contributed by atoms with Crippen LogP contribution in [0.4, 0.5) is 0 Å². The fraction of sp³-hybridized carbons (Fsp3) is 1.00. The Balaban J connectivity index is 3.83. The maximum atomic E-state index is 4.57. The zero-order valence-corrected chi connectivity index (χ0v) is 11.7. The van der Waals surface area contributed by atoms with Crippen molar-refractivity contribution in [2.45, 2.75) is 91.1 Å². The molecule has 4 radical (unpaired) electrons. The highest BCUT2D eigenvalue weighted by Gasteiger charge is 2.39. The molecular weight excluding hydrogens is 196 g/mol. The Morgan fingerprint density at radius 1 is 0.562 bits per heavy atom. The third-order valence-electron chi connectivity index (χ3n) is 2.88. The second-order valence-electron chi connectivity index (χ2n) is 4.69. The summed E-state index contributed by atoms with van der Waals surface area (Å²) >= 11 is 0. The molecule has 0 saturated heterocycles. The van der Waals surface area contributed by atoms with Gasteiger partial charge in [0.2, 0.25) is 0 Å². The lowest BCUT2D eigenvalue weighted by Crippen LogP contribution is -2.35. The van der Waals surface area contributed by atoms with E-state index < -0.39 is 0 Å².